The predicted octanol–water partition coefficient (Wildman–Crippen LogP) is 3.65. The fourth-order valence-electron chi connectivity index (χ4n) is 2.66. The Hall–Kier alpha value is -1.97. The molecule has 0 bridgehead atoms. The maximum atomic E-state index is 5.73. The van der Waals surface area contributed by atoms with E-state index in [0.29, 0.717) is 19.8 Å². The third-order valence-corrected chi connectivity index (χ3v) is 4.09. The Morgan fingerprint density at radius 2 is 1.86 bits per heavy atom. The summed E-state index contributed by atoms with van der Waals surface area (Å²) in [6, 6.07) is 8.07. The van der Waals surface area contributed by atoms with Crippen molar-refractivity contribution in [2.24, 2.45) is 12.0 Å². The normalized spacial score (nSPS) is 12.1. The van der Waals surface area contributed by atoms with Gasteiger partial charge in [0.1, 0.15) is 0 Å². The van der Waals surface area contributed by atoms with Gasteiger partial charge >= 0.3 is 0 Å². The van der Waals surface area contributed by atoms with Gasteiger partial charge in [0, 0.05) is 19.8 Å². The lowest BCUT2D eigenvalue weighted by Crippen LogP contribution is -2.38. The number of ether oxygens (including phenoxy) is 2. The highest BCUT2D eigenvalue weighted by atomic mass is 127. The van der Waals surface area contributed by atoms with Gasteiger partial charge in [0.25, 0.3) is 0 Å². The van der Waals surface area contributed by atoms with Crippen molar-refractivity contribution in [2.75, 3.05) is 19.8 Å². The van der Waals surface area contributed by atoms with Crippen molar-refractivity contribution in [3.05, 3.63) is 41.7 Å². The van der Waals surface area contributed by atoms with Crippen molar-refractivity contribution in [3.8, 4) is 11.5 Å². The molecule has 0 amide bonds. The van der Waals surface area contributed by atoms with Gasteiger partial charge in [-0.2, -0.15) is 5.10 Å². The minimum Gasteiger partial charge on any atom is -0.490 e. The van der Waals surface area contributed by atoms with E-state index in [1.807, 2.05) is 43.8 Å². The van der Waals surface area contributed by atoms with Crippen LogP contribution < -0.4 is 20.1 Å². The van der Waals surface area contributed by atoms with E-state index in [1.54, 1.807) is 6.20 Å². The molecule has 1 unspecified atom stereocenters. The molecule has 8 heteroatoms. The molecule has 0 spiro atoms. The summed E-state index contributed by atoms with van der Waals surface area (Å²) in [7, 11) is 1.92. The monoisotopic (exact) mass is 501 g/mol. The number of guanidine groups is 1. The van der Waals surface area contributed by atoms with E-state index in [4.69, 9.17) is 9.47 Å². The van der Waals surface area contributed by atoms with Crippen LogP contribution in [0.15, 0.2) is 35.5 Å². The summed E-state index contributed by atoms with van der Waals surface area (Å²) in [5, 5.41) is 10.9. The second-order valence-corrected chi connectivity index (χ2v) is 6.08. The van der Waals surface area contributed by atoms with E-state index in [0.717, 1.165) is 35.3 Å². The van der Waals surface area contributed by atoms with Gasteiger partial charge in [0.15, 0.2) is 17.5 Å². The second-order valence-electron chi connectivity index (χ2n) is 6.08. The number of nitrogens with zero attached hydrogens (tertiary/aromatic N) is 3. The third-order valence-electron chi connectivity index (χ3n) is 4.09. The quantitative estimate of drug-likeness (QED) is 0.312. The van der Waals surface area contributed by atoms with Crippen LogP contribution in [-0.2, 0) is 13.6 Å². The van der Waals surface area contributed by atoms with E-state index in [2.05, 4.69) is 40.6 Å². The SMILES string of the molecule is CCNC(=NCc1ccnn1C)NC(C)c1ccc(OCC)c(OCC)c1.I. The molecule has 2 aromatic rings. The Kier molecular flexibility index (Phi) is 10.7. The summed E-state index contributed by atoms with van der Waals surface area (Å²) in [6.07, 6.45) is 1.78. The zero-order chi connectivity index (χ0) is 19.6. The van der Waals surface area contributed by atoms with Gasteiger partial charge in [0.2, 0.25) is 0 Å². The number of aliphatic imine (C=N–C) groups is 1. The van der Waals surface area contributed by atoms with Crippen LogP contribution in [0.3, 0.4) is 0 Å². The minimum absolute atomic E-state index is 0. The van der Waals surface area contributed by atoms with E-state index in [1.165, 1.54) is 0 Å². The fourth-order valence-corrected chi connectivity index (χ4v) is 2.66. The van der Waals surface area contributed by atoms with E-state index in [9.17, 15) is 0 Å². The molecule has 7 nitrogen and oxygen atoms in total. The van der Waals surface area contributed by atoms with Crippen LogP contribution in [0.2, 0.25) is 0 Å². The number of nitrogens with one attached hydrogen (secondary N) is 2. The molecule has 0 saturated carbocycles. The van der Waals surface area contributed by atoms with Crippen LogP contribution >= 0.6 is 24.0 Å². The summed E-state index contributed by atoms with van der Waals surface area (Å²) < 4.78 is 13.2. The summed E-state index contributed by atoms with van der Waals surface area (Å²) >= 11 is 0. The van der Waals surface area contributed by atoms with Crippen molar-refractivity contribution in [3.63, 3.8) is 0 Å². The maximum absolute atomic E-state index is 5.73. The average Bonchev–Trinajstić information content (AvgIpc) is 3.06. The topological polar surface area (TPSA) is 72.7 Å². The zero-order valence-electron chi connectivity index (χ0n) is 17.4. The molecule has 0 fully saturated rings. The van der Waals surface area contributed by atoms with Crippen molar-refractivity contribution in [1.29, 1.82) is 0 Å². The highest BCUT2D eigenvalue weighted by molar-refractivity contribution is 14.0. The highest BCUT2D eigenvalue weighted by Gasteiger charge is 2.12. The smallest absolute Gasteiger partial charge is 0.192 e. The van der Waals surface area contributed by atoms with Crippen LogP contribution in [0.5, 0.6) is 11.5 Å². The summed E-state index contributed by atoms with van der Waals surface area (Å²) in [6.45, 7) is 10.6. The Morgan fingerprint density at radius 1 is 1.14 bits per heavy atom. The highest BCUT2D eigenvalue weighted by Crippen LogP contribution is 2.30. The number of rotatable bonds is 9. The molecule has 0 aliphatic carbocycles. The summed E-state index contributed by atoms with van der Waals surface area (Å²) in [5.74, 6) is 2.30. The van der Waals surface area contributed by atoms with Crippen molar-refractivity contribution < 1.29 is 9.47 Å². The minimum atomic E-state index is 0. The van der Waals surface area contributed by atoms with Gasteiger partial charge in [-0.15, -0.1) is 24.0 Å². The Labute approximate surface area is 184 Å². The fraction of sp³-hybridized carbons (Fsp3) is 0.500. The molecule has 28 heavy (non-hydrogen) atoms. The third kappa shape index (κ3) is 6.88. The number of aryl methyl sites for hydroxylation is 1. The lowest BCUT2D eigenvalue weighted by atomic mass is 10.1. The van der Waals surface area contributed by atoms with Gasteiger partial charge in [-0.3, -0.25) is 4.68 Å². The average molecular weight is 501 g/mol. The van der Waals surface area contributed by atoms with Crippen LogP contribution in [-0.4, -0.2) is 35.5 Å². The van der Waals surface area contributed by atoms with Gasteiger partial charge in [-0.25, -0.2) is 4.99 Å². The zero-order valence-corrected chi connectivity index (χ0v) is 19.7. The number of halogens is 1. The molecule has 0 radical (unpaired) electrons. The Bertz CT molecular complexity index is 748. The first-order valence-electron chi connectivity index (χ1n) is 9.50. The Morgan fingerprint density at radius 3 is 2.46 bits per heavy atom. The molecule has 0 aliphatic heterocycles. The molecular weight excluding hydrogens is 469 g/mol. The molecule has 2 N–H and O–H groups in total. The van der Waals surface area contributed by atoms with Crippen LogP contribution in [0.1, 0.15) is 45.0 Å². The standard InChI is InChI=1S/C20H31N5O2.HI/c1-6-21-20(22-14-17-11-12-23-25(17)5)24-15(4)16-9-10-18(26-7-2)19(13-16)27-8-3;/h9-13,15H,6-8,14H2,1-5H3,(H2,21,22,24);1H. The lowest BCUT2D eigenvalue weighted by molar-refractivity contribution is 0.287. The summed E-state index contributed by atoms with van der Waals surface area (Å²) in [4.78, 5) is 4.67. The second kappa shape index (κ2) is 12.5. The molecule has 2 rings (SSSR count). The van der Waals surface area contributed by atoms with Crippen molar-refractivity contribution in [1.82, 2.24) is 20.4 Å². The van der Waals surface area contributed by atoms with Crippen LogP contribution in [0, 0.1) is 0 Å². The van der Waals surface area contributed by atoms with E-state index < -0.39 is 0 Å². The first-order chi connectivity index (χ1) is 13.1. The molecule has 1 atom stereocenters. The number of benzene rings is 1. The largest absolute Gasteiger partial charge is 0.490 e. The molecule has 0 aliphatic rings. The number of aromatic nitrogens is 2. The molecule has 0 saturated heterocycles. The molecule has 156 valence electrons. The molecular formula is C20H32IN5O2. The Balaban J connectivity index is 0.00000392. The predicted molar refractivity (Wildman–Crippen MR) is 124 cm³/mol. The van der Waals surface area contributed by atoms with Crippen LogP contribution in [0.4, 0.5) is 0 Å². The summed E-state index contributed by atoms with van der Waals surface area (Å²) in [5.41, 5.74) is 2.16. The van der Waals surface area contributed by atoms with Crippen LogP contribution in [0.25, 0.3) is 0 Å². The van der Waals surface area contributed by atoms with Crippen molar-refractivity contribution >= 4 is 29.9 Å². The lowest BCUT2D eigenvalue weighted by Gasteiger charge is -2.20. The number of hydrogen-bond donors (Lipinski definition) is 2. The first-order valence-corrected chi connectivity index (χ1v) is 9.50. The molecule has 1 heterocycles. The van der Waals surface area contributed by atoms with E-state index >= 15 is 0 Å². The maximum Gasteiger partial charge on any atom is 0.192 e. The van der Waals surface area contributed by atoms with Gasteiger partial charge in [-0.05, 0) is 51.5 Å². The molecule has 1 aromatic heterocycles. The molecule has 1 aromatic carbocycles. The number of hydrogen-bond acceptors (Lipinski definition) is 4. The first kappa shape index (κ1) is 24.1. The van der Waals surface area contributed by atoms with E-state index in [-0.39, 0.29) is 30.0 Å². The van der Waals surface area contributed by atoms with Gasteiger partial charge < -0.3 is 20.1 Å². The van der Waals surface area contributed by atoms with Crippen molar-refractivity contribution in [2.45, 2.75) is 40.3 Å². The van der Waals surface area contributed by atoms with Gasteiger partial charge in [0.05, 0.1) is 31.5 Å². The van der Waals surface area contributed by atoms with Gasteiger partial charge in [-0.1, -0.05) is 6.07 Å².